The Hall–Kier alpha value is -2.34. The second-order valence-electron chi connectivity index (χ2n) is 6.83. The van der Waals surface area contributed by atoms with E-state index in [1.807, 2.05) is 18.5 Å². The van der Waals surface area contributed by atoms with Crippen molar-refractivity contribution in [1.82, 2.24) is 9.78 Å². The molecule has 1 aromatic carbocycles. The minimum Gasteiger partial charge on any atom is -0.326 e. The normalized spacial score (nSPS) is 10.9. The van der Waals surface area contributed by atoms with Crippen LogP contribution in [0.2, 0.25) is 5.02 Å². The molecule has 1 heterocycles. The standard InChI is InChI=1S/C19H25ClN4O2/c1-11(2)10-24-13(4)16(12(3)23-24)9-19(26)22-15-6-7-17(20)18(8-15)21-14(5)25/h6-8,11H,9-10H2,1-5H3,(H,21,25)(H,22,26). The molecule has 0 saturated carbocycles. The number of hydrogen-bond acceptors (Lipinski definition) is 3. The van der Waals surface area contributed by atoms with Crippen molar-refractivity contribution in [3.05, 3.63) is 40.2 Å². The maximum atomic E-state index is 12.5. The predicted octanol–water partition coefficient (Wildman–Crippen LogP) is 3.95. The minimum absolute atomic E-state index is 0.142. The number of carbonyl (C=O) groups excluding carboxylic acids is 2. The van der Waals surface area contributed by atoms with Gasteiger partial charge in [0.15, 0.2) is 0 Å². The van der Waals surface area contributed by atoms with E-state index in [1.165, 1.54) is 6.92 Å². The Morgan fingerprint density at radius 3 is 2.54 bits per heavy atom. The fourth-order valence-corrected chi connectivity index (χ4v) is 2.93. The number of nitrogens with one attached hydrogen (secondary N) is 2. The third kappa shape index (κ3) is 5.08. The van der Waals surface area contributed by atoms with Crippen LogP contribution in [0.3, 0.4) is 0 Å². The Labute approximate surface area is 158 Å². The highest BCUT2D eigenvalue weighted by Gasteiger charge is 2.16. The summed E-state index contributed by atoms with van der Waals surface area (Å²) in [6, 6.07) is 4.98. The van der Waals surface area contributed by atoms with Crippen molar-refractivity contribution in [1.29, 1.82) is 0 Å². The van der Waals surface area contributed by atoms with Gasteiger partial charge in [0.1, 0.15) is 0 Å². The molecule has 0 fully saturated rings. The van der Waals surface area contributed by atoms with Crippen LogP contribution in [0.15, 0.2) is 18.2 Å². The van der Waals surface area contributed by atoms with Crippen molar-refractivity contribution >= 4 is 34.8 Å². The number of nitrogens with zero attached hydrogens (tertiary/aromatic N) is 2. The average molecular weight is 377 g/mol. The Bertz CT molecular complexity index is 827. The van der Waals surface area contributed by atoms with Crippen LogP contribution in [0.5, 0.6) is 0 Å². The first-order valence-electron chi connectivity index (χ1n) is 8.57. The summed E-state index contributed by atoms with van der Waals surface area (Å²) in [5, 5.41) is 10.4. The van der Waals surface area contributed by atoms with E-state index < -0.39 is 0 Å². The maximum Gasteiger partial charge on any atom is 0.228 e. The molecule has 0 unspecified atom stereocenters. The maximum absolute atomic E-state index is 12.5. The Morgan fingerprint density at radius 1 is 1.23 bits per heavy atom. The SMILES string of the molecule is CC(=O)Nc1cc(NC(=O)Cc2c(C)nn(CC(C)C)c2C)ccc1Cl. The first-order valence-corrected chi connectivity index (χ1v) is 8.95. The summed E-state index contributed by atoms with van der Waals surface area (Å²) >= 11 is 6.05. The van der Waals surface area contributed by atoms with E-state index in [4.69, 9.17) is 11.6 Å². The van der Waals surface area contributed by atoms with Gasteiger partial charge in [-0.05, 0) is 38.0 Å². The van der Waals surface area contributed by atoms with Gasteiger partial charge < -0.3 is 10.6 Å². The quantitative estimate of drug-likeness (QED) is 0.801. The van der Waals surface area contributed by atoms with Gasteiger partial charge in [-0.2, -0.15) is 5.10 Å². The molecule has 0 radical (unpaired) electrons. The summed E-state index contributed by atoms with van der Waals surface area (Å²) in [6.45, 7) is 10.4. The number of rotatable bonds is 6. The molecule has 140 valence electrons. The molecule has 26 heavy (non-hydrogen) atoms. The molecule has 0 aliphatic rings. The second kappa shape index (κ2) is 8.36. The molecular formula is C19H25ClN4O2. The minimum atomic E-state index is -0.223. The number of hydrogen-bond donors (Lipinski definition) is 2. The van der Waals surface area contributed by atoms with Gasteiger partial charge in [0, 0.05) is 30.4 Å². The lowest BCUT2D eigenvalue weighted by Crippen LogP contribution is -2.16. The van der Waals surface area contributed by atoms with Crippen LogP contribution in [0, 0.1) is 19.8 Å². The van der Waals surface area contributed by atoms with Crippen LogP contribution in [0.1, 0.15) is 37.7 Å². The van der Waals surface area contributed by atoms with E-state index in [0.29, 0.717) is 22.3 Å². The zero-order valence-corrected chi connectivity index (χ0v) is 16.6. The molecule has 0 atom stereocenters. The van der Waals surface area contributed by atoms with E-state index in [2.05, 4.69) is 29.6 Å². The van der Waals surface area contributed by atoms with Crippen molar-refractivity contribution in [2.75, 3.05) is 10.6 Å². The monoisotopic (exact) mass is 376 g/mol. The molecule has 2 aromatic rings. The predicted molar refractivity (Wildman–Crippen MR) is 105 cm³/mol. The molecule has 2 rings (SSSR count). The van der Waals surface area contributed by atoms with E-state index in [-0.39, 0.29) is 18.2 Å². The molecule has 2 amide bonds. The molecule has 0 aliphatic heterocycles. The van der Waals surface area contributed by atoms with E-state index in [9.17, 15) is 9.59 Å². The summed E-state index contributed by atoms with van der Waals surface area (Å²) in [5.41, 5.74) is 3.87. The number of benzene rings is 1. The average Bonchev–Trinajstić information content (AvgIpc) is 2.77. The van der Waals surface area contributed by atoms with Crippen molar-refractivity contribution in [3.63, 3.8) is 0 Å². The van der Waals surface area contributed by atoms with Gasteiger partial charge in [0.05, 0.1) is 22.8 Å². The molecule has 6 nitrogen and oxygen atoms in total. The lowest BCUT2D eigenvalue weighted by atomic mass is 10.1. The zero-order chi connectivity index (χ0) is 19.4. The van der Waals surface area contributed by atoms with Gasteiger partial charge in [0.2, 0.25) is 11.8 Å². The van der Waals surface area contributed by atoms with Crippen molar-refractivity contribution in [3.8, 4) is 0 Å². The topological polar surface area (TPSA) is 76.0 Å². The van der Waals surface area contributed by atoms with Gasteiger partial charge in [-0.3, -0.25) is 14.3 Å². The molecule has 0 bridgehead atoms. The summed E-state index contributed by atoms with van der Waals surface area (Å²) < 4.78 is 1.96. The van der Waals surface area contributed by atoms with Crippen LogP contribution < -0.4 is 10.6 Å². The van der Waals surface area contributed by atoms with Gasteiger partial charge in [-0.15, -0.1) is 0 Å². The van der Waals surface area contributed by atoms with Gasteiger partial charge in [-0.25, -0.2) is 0 Å². The highest BCUT2D eigenvalue weighted by molar-refractivity contribution is 6.33. The van der Waals surface area contributed by atoms with E-state index in [0.717, 1.165) is 23.5 Å². The smallest absolute Gasteiger partial charge is 0.228 e. The van der Waals surface area contributed by atoms with E-state index in [1.54, 1.807) is 18.2 Å². The third-order valence-electron chi connectivity index (χ3n) is 3.97. The lowest BCUT2D eigenvalue weighted by Gasteiger charge is -2.10. The molecular weight excluding hydrogens is 352 g/mol. The largest absolute Gasteiger partial charge is 0.326 e. The third-order valence-corrected chi connectivity index (χ3v) is 4.30. The molecule has 0 spiro atoms. The number of aryl methyl sites for hydroxylation is 1. The Morgan fingerprint density at radius 2 is 1.92 bits per heavy atom. The summed E-state index contributed by atoms with van der Waals surface area (Å²) in [5.74, 6) is 0.117. The van der Waals surface area contributed by atoms with Gasteiger partial charge >= 0.3 is 0 Å². The number of anilines is 2. The number of carbonyl (C=O) groups is 2. The Balaban J connectivity index is 2.12. The molecule has 7 heteroatoms. The zero-order valence-electron chi connectivity index (χ0n) is 15.8. The van der Waals surface area contributed by atoms with Gasteiger partial charge in [0.25, 0.3) is 0 Å². The lowest BCUT2D eigenvalue weighted by molar-refractivity contribution is -0.116. The molecule has 0 aliphatic carbocycles. The summed E-state index contributed by atoms with van der Waals surface area (Å²) in [6.07, 6.45) is 0.244. The van der Waals surface area contributed by atoms with Crippen LogP contribution >= 0.6 is 11.6 Å². The van der Waals surface area contributed by atoms with Crippen LogP contribution in [-0.2, 0) is 22.6 Å². The first-order chi connectivity index (χ1) is 12.2. The molecule has 2 N–H and O–H groups in total. The summed E-state index contributed by atoms with van der Waals surface area (Å²) in [4.78, 5) is 23.7. The molecule has 0 saturated heterocycles. The first kappa shape index (κ1) is 20.0. The van der Waals surface area contributed by atoms with E-state index >= 15 is 0 Å². The second-order valence-corrected chi connectivity index (χ2v) is 7.23. The van der Waals surface area contributed by atoms with Crippen molar-refractivity contribution in [2.24, 2.45) is 5.92 Å². The highest BCUT2D eigenvalue weighted by atomic mass is 35.5. The van der Waals surface area contributed by atoms with Crippen LogP contribution in [0.25, 0.3) is 0 Å². The fraction of sp³-hybridized carbons (Fsp3) is 0.421. The Kier molecular flexibility index (Phi) is 6.42. The van der Waals surface area contributed by atoms with Crippen molar-refractivity contribution in [2.45, 2.75) is 47.6 Å². The van der Waals surface area contributed by atoms with Crippen LogP contribution in [0.4, 0.5) is 11.4 Å². The fourth-order valence-electron chi connectivity index (χ4n) is 2.77. The van der Waals surface area contributed by atoms with Crippen molar-refractivity contribution < 1.29 is 9.59 Å². The molecule has 1 aromatic heterocycles. The van der Waals surface area contributed by atoms with Gasteiger partial charge in [-0.1, -0.05) is 25.4 Å². The highest BCUT2D eigenvalue weighted by Crippen LogP contribution is 2.26. The summed E-state index contributed by atoms with van der Waals surface area (Å²) in [7, 11) is 0. The number of amides is 2. The number of halogens is 1. The van der Waals surface area contributed by atoms with Crippen LogP contribution in [-0.4, -0.2) is 21.6 Å². The number of aromatic nitrogens is 2.